The van der Waals surface area contributed by atoms with Gasteiger partial charge in [-0.3, -0.25) is 0 Å². The van der Waals surface area contributed by atoms with Crippen LogP contribution >= 0.6 is 0 Å². The summed E-state index contributed by atoms with van der Waals surface area (Å²) in [6.07, 6.45) is 0.925. The SMILES string of the molecule is COc1cccc(Cc2c[c]ccc2)c1. The molecule has 2 rings (SSSR count). The maximum atomic E-state index is 5.18. The molecule has 0 spiro atoms. The molecule has 2 aromatic carbocycles. The van der Waals surface area contributed by atoms with Gasteiger partial charge in [0.1, 0.15) is 5.75 Å². The summed E-state index contributed by atoms with van der Waals surface area (Å²) in [7, 11) is 1.69. The van der Waals surface area contributed by atoms with E-state index in [0.717, 1.165) is 12.2 Å². The van der Waals surface area contributed by atoms with Gasteiger partial charge in [-0.2, -0.15) is 0 Å². The van der Waals surface area contributed by atoms with Gasteiger partial charge in [0.2, 0.25) is 0 Å². The van der Waals surface area contributed by atoms with Crippen LogP contribution < -0.4 is 4.74 Å². The standard InChI is InChI=1S/C14H13O/c1-15-14-9-5-8-13(11-14)10-12-6-3-2-4-7-12/h2-3,5-9,11H,10H2,1H3. The molecular formula is C14H13O. The molecule has 2 aromatic rings. The lowest BCUT2D eigenvalue weighted by atomic mass is 10.1. The largest absolute Gasteiger partial charge is 0.497 e. The van der Waals surface area contributed by atoms with Crippen LogP contribution in [0.2, 0.25) is 0 Å². The minimum absolute atomic E-state index is 0.910. The molecule has 1 radical (unpaired) electrons. The summed E-state index contributed by atoms with van der Waals surface area (Å²) in [5.74, 6) is 0.910. The third-order valence-electron chi connectivity index (χ3n) is 2.31. The highest BCUT2D eigenvalue weighted by molar-refractivity contribution is 5.32. The van der Waals surface area contributed by atoms with Gasteiger partial charge in [0.05, 0.1) is 7.11 Å². The molecule has 0 N–H and O–H groups in total. The van der Waals surface area contributed by atoms with Crippen LogP contribution in [-0.4, -0.2) is 7.11 Å². The van der Waals surface area contributed by atoms with Crippen molar-refractivity contribution in [2.75, 3.05) is 7.11 Å². The predicted octanol–water partition coefficient (Wildman–Crippen LogP) is 3.09. The third-order valence-corrected chi connectivity index (χ3v) is 2.31. The zero-order valence-electron chi connectivity index (χ0n) is 8.73. The van der Waals surface area contributed by atoms with Crippen LogP contribution in [0.15, 0.2) is 48.5 Å². The van der Waals surface area contributed by atoms with Crippen molar-refractivity contribution in [1.82, 2.24) is 0 Å². The first kappa shape index (κ1) is 9.78. The van der Waals surface area contributed by atoms with Gasteiger partial charge in [0.25, 0.3) is 0 Å². The molecule has 0 bridgehead atoms. The van der Waals surface area contributed by atoms with E-state index in [0.29, 0.717) is 0 Å². The Labute approximate surface area is 90.3 Å². The zero-order chi connectivity index (χ0) is 10.5. The highest BCUT2D eigenvalue weighted by Gasteiger charge is 1.97. The summed E-state index contributed by atoms with van der Waals surface area (Å²) < 4.78 is 5.18. The smallest absolute Gasteiger partial charge is 0.119 e. The van der Waals surface area contributed by atoms with Crippen molar-refractivity contribution in [2.45, 2.75) is 6.42 Å². The summed E-state index contributed by atoms with van der Waals surface area (Å²) in [6.45, 7) is 0. The Morgan fingerprint density at radius 3 is 2.73 bits per heavy atom. The van der Waals surface area contributed by atoms with Crippen molar-refractivity contribution in [3.8, 4) is 5.75 Å². The number of benzene rings is 2. The number of ether oxygens (including phenoxy) is 1. The molecule has 0 amide bonds. The lowest BCUT2D eigenvalue weighted by Gasteiger charge is -2.04. The Morgan fingerprint density at radius 1 is 1.13 bits per heavy atom. The van der Waals surface area contributed by atoms with Crippen LogP contribution in [0.4, 0.5) is 0 Å². The normalized spacial score (nSPS) is 9.93. The summed E-state index contributed by atoms with van der Waals surface area (Å²) in [4.78, 5) is 0. The Balaban J connectivity index is 2.17. The lowest BCUT2D eigenvalue weighted by Crippen LogP contribution is -1.89. The van der Waals surface area contributed by atoms with E-state index in [2.05, 4.69) is 24.3 Å². The second-order valence-electron chi connectivity index (χ2n) is 3.44. The molecule has 0 fully saturated rings. The number of methoxy groups -OCH3 is 1. The molecule has 0 aliphatic heterocycles. The molecule has 1 heteroatoms. The topological polar surface area (TPSA) is 9.23 Å². The summed E-state index contributed by atoms with van der Waals surface area (Å²) in [5, 5.41) is 0. The minimum Gasteiger partial charge on any atom is -0.497 e. The average Bonchev–Trinajstić information content (AvgIpc) is 2.31. The monoisotopic (exact) mass is 197 g/mol. The predicted molar refractivity (Wildman–Crippen MR) is 61.1 cm³/mol. The molecule has 0 atom stereocenters. The average molecular weight is 197 g/mol. The second-order valence-corrected chi connectivity index (χ2v) is 3.44. The molecule has 0 aliphatic carbocycles. The van der Waals surface area contributed by atoms with Crippen LogP contribution in [0.5, 0.6) is 5.75 Å². The highest BCUT2D eigenvalue weighted by Crippen LogP contribution is 2.15. The number of hydrogen-bond acceptors (Lipinski definition) is 1. The van der Waals surface area contributed by atoms with Crippen molar-refractivity contribution in [3.05, 3.63) is 65.7 Å². The molecule has 0 unspecified atom stereocenters. The Morgan fingerprint density at radius 2 is 2.00 bits per heavy atom. The van der Waals surface area contributed by atoms with Crippen LogP contribution in [0.1, 0.15) is 11.1 Å². The Hall–Kier alpha value is -1.76. The van der Waals surface area contributed by atoms with Gasteiger partial charge in [-0.1, -0.05) is 36.4 Å². The molecule has 0 aromatic heterocycles. The van der Waals surface area contributed by atoms with Crippen molar-refractivity contribution in [1.29, 1.82) is 0 Å². The van der Waals surface area contributed by atoms with Gasteiger partial charge in [0, 0.05) is 0 Å². The van der Waals surface area contributed by atoms with Gasteiger partial charge in [-0.05, 0) is 35.7 Å². The van der Waals surface area contributed by atoms with Crippen molar-refractivity contribution in [2.24, 2.45) is 0 Å². The van der Waals surface area contributed by atoms with E-state index in [1.165, 1.54) is 11.1 Å². The Kier molecular flexibility index (Phi) is 3.03. The first-order valence-electron chi connectivity index (χ1n) is 4.96. The summed E-state index contributed by atoms with van der Waals surface area (Å²) in [5.41, 5.74) is 2.53. The molecule has 0 saturated heterocycles. The lowest BCUT2D eigenvalue weighted by molar-refractivity contribution is 0.414. The van der Waals surface area contributed by atoms with Gasteiger partial charge in [-0.15, -0.1) is 0 Å². The van der Waals surface area contributed by atoms with Crippen molar-refractivity contribution >= 4 is 0 Å². The summed E-state index contributed by atoms with van der Waals surface area (Å²) >= 11 is 0. The van der Waals surface area contributed by atoms with Crippen LogP contribution in [-0.2, 0) is 6.42 Å². The van der Waals surface area contributed by atoms with Crippen LogP contribution in [0, 0.1) is 6.07 Å². The minimum atomic E-state index is 0.910. The van der Waals surface area contributed by atoms with E-state index in [1.807, 2.05) is 30.3 Å². The van der Waals surface area contributed by atoms with E-state index in [-0.39, 0.29) is 0 Å². The van der Waals surface area contributed by atoms with E-state index >= 15 is 0 Å². The fourth-order valence-electron chi connectivity index (χ4n) is 1.56. The number of rotatable bonds is 3. The number of hydrogen-bond donors (Lipinski definition) is 0. The Bertz CT molecular complexity index is 420. The van der Waals surface area contributed by atoms with Gasteiger partial charge in [-0.25, -0.2) is 0 Å². The molecule has 1 nitrogen and oxygen atoms in total. The van der Waals surface area contributed by atoms with Crippen molar-refractivity contribution in [3.63, 3.8) is 0 Å². The zero-order valence-corrected chi connectivity index (χ0v) is 8.73. The molecule has 0 heterocycles. The fourth-order valence-corrected chi connectivity index (χ4v) is 1.56. The van der Waals surface area contributed by atoms with Crippen LogP contribution in [0.25, 0.3) is 0 Å². The van der Waals surface area contributed by atoms with E-state index < -0.39 is 0 Å². The maximum absolute atomic E-state index is 5.18. The van der Waals surface area contributed by atoms with Crippen molar-refractivity contribution < 1.29 is 4.74 Å². The second kappa shape index (κ2) is 4.65. The molecule has 0 saturated carbocycles. The van der Waals surface area contributed by atoms with Gasteiger partial charge in [0.15, 0.2) is 0 Å². The molecular weight excluding hydrogens is 184 g/mol. The van der Waals surface area contributed by atoms with Crippen LogP contribution in [0.3, 0.4) is 0 Å². The van der Waals surface area contributed by atoms with E-state index in [1.54, 1.807) is 7.11 Å². The van der Waals surface area contributed by atoms with E-state index in [4.69, 9.17) is 4.74 Å². The molecule has 0 aliphatic rings. The van der Waals surface area contributed by atoms with E-state index in [9.17, 15) is 0 Å². The highest BCUT2D eigenvalue weighted by atomic mass is 16.5. The molecule has 15 heavy (non-hydrogen) atoms. The maximum Gasteiger partial charge on any atom is 0.119 e. The van der Waals surface area contributed by atoms with Gasteiger partial charge < -0.3 is 4.74 Å². The first-order chi connectivity index (χ1) is 7.38. The third kappa shape index (κ3) is 2.59. The first-order valence-corrected chi connectivity index (χ1v) is 4.96. The quantitative estimate of drug-likeness (QED) is 0.734. The fraction of sp³-hybridized carbons (Fsp3) is 0.143. The molecule has 75 valence electrons. The summed E-state index contributed by atoms with van der Waals surface area (Å²) in [6, 6.07) is 19.3. The van der Waals surface area contributed by atoms with Gasteiger partial charge >= 0.3 is 0 Å².